The van der Waals surface area contributed by atoms with Crippen LogP contribution in [0.25, 0.3) is 0 Å². The Bertz CT molecular complexity index is 605. The molecule has 0 aliphatic carbocycles. The van der Waals surface area contributed by atoms with E-state index in [0.29, 0.717) is 17.0 Å². The summed E-state index contributed by atoms with van der Waals surface area (Å²) in [4.78, 5) is 11.9. The molecular weight excluding hydrogens is 268 g/mol. The third kappa shape index (κ3) is 3.01. The van der Waals surface area contributed by atoms with Crippen molar-refractivity contribution >= 4 is 11.7 Å². The van der Waals surface area contributed by atoms with Crippen LogP contribution < -0.4 is 5.32 Å². The molecule has 1 amide bonds. The number of carbonyl (C=O) groups is 1. The Kier molecular flexibility index (Phi) is 4.11. The third-order valence-corrected chi connectivity index (χ3v) is 2.62. The number of anilines is 1. The summed E-state index contributed by atoms with van der Waals surface area (Å²) in [5.74, 6) is -0.0115. The fraction of sp³-hybridized carbons (Fsp3) is 0.417. The van der Waals surface area contributed by atoms with E-state index in [1.165, 1.54) is 6.07 Å². The Morgan fingerprint density at radius 3 is 2.80 bits per heavy atom. The zero-order chi connectivity index (χ0) is 14.7. The van der Waals surface area contributed by atoms with Crippen molar-refractivity contribution < 1.29 is 13.6 Å². The van der Waals surface area contributed by atoms with Crippen molar-refractivity contribution in [3.63, 3.8) is 0 Å². The van der Waals surface area contributed by atoms with Crippen molar-refractivity contribution in [1.82, 2.24) is 19.6 Å². The van der Waals surface area contributed by atoms with Gasteiger partial charge in [0.2, 0.25) is 0 Å². The minimum atomic E-state index is -2.76. The van der Waals surface area contributed by atoms with Gasteiger partial charge in [-0.25, -0.2) is 9.36 Å². The second-order valence-corrected chi connectivity index (χ2v) is 4.31. The number of halogens is 2. The van der Waals surface area contributed by atoms with Crippen LogP contribution in [0.2, 0.25) is 0 Å². The predicted molar refractivity (Wildman–Crippen MR) is 68.7 cm³/mol. The average molecular weight is 283 g/mol. The summed E-state index contributed by atoms with van der Waals surface area (Å²) in [6.07, 6.45) is 1.93. The van der Waals surface area contributed by atoms with E-state index in [1.807, 2.05) is 13.8 Å². The van der Waals surface area contributed by atoms with Crippen LogP contribution in [0.15, 0.2) is 18.3 Å². The van der Waals surface area contributed by atoms with Gasteiger partial charge in [0.1, 0.15) is 5.82 Å². The molecule has 2 aromatic rings. The van der Waals surface area contributed by atoms with Crippen molar-refractivity contribution in [3.8, 4) is 0 Å². The van der Waals surface area contributed by atoms with Gasteiger partial charge in [-0.1, -0.05) is 6.92 Å². The Hall–Kier alpha value is -2.25. The maximum atomic E-state index is 12.4. The van der Waals surface area contributed by atoms with E-state index < -0.39 is 12.5 Å². The largest absolute Gasteiger partial charge is 0.333 e. The number of rotatable bonds is 5. The lowest BCUT2D eigenvalue weighted by atomic mass is 10.4. The van der Waals surface area contributed by atoms with Gasteiger partial charge in [0.15, 0.2) is 5.69 Å². The first-order chi connectivity index (χ1) is 9.51. The fourth-order valence-electron chi connectivity index (χ4n) is 1.78. The Labute approximate surface area is 114 Å². The van der Waals surface area contributed by atoms with Crippen LogP contribution in [0.5, 0.6) is 0 Å². The van der Waals surface area contributed by atoms with Gasteiger partial charge in [-0.05, 0) is 19.4 Å². The van der Waals surface area contributed by atoms with Gasteiger partial charge < -0.3 is 5.32 Å². The number of hydrogen-bond acceptors (Lipinski definition) is 3. The molecule has 0 bridgehead atoms. The van der Waals surface area contributed by atoms with Crippen LogP contribution in [0.1, 0.15) is 36.1 Å². The van der Waals surface area contributed by atoms with Crippen LogP contribution in [0.4, 0.5) is 14.6 Å². The number of carbonyl (C=O) groups excluding carboxylic acids is 1. The van der Waals surface area contributed by atoms with E-state index in [2.05, 4.69) is 15.5 Å². The van der Waals surface area contributed by atoms with E-state index in [4.69, 9.17) is 0 Å². The molecule has 2 rings (SSSR count). The summed E-state index contributed by atoms with van der Waals surface area (Å²) in [6.45, 7) is 1.71. The molecule has 0 unspecified atom stereocenters. The molecule has 0 atom stereocenters. The van der Waals surface area contributed by atoms with Crippen molar-refractivity contribution in [2.75, 3.05) is 5.32 Å². The number of nitrogens with one attached hydrogen (secondary N) is 1. The van der Waals surface area contributed by atoms with Gasteiger partial charge in [-0.15, -0.1) is 0 Å². The highest BCUT2D eigenvalue weighted by Gasteiger charge is 2.15. The standard InChI is InChI=1S/C12H15F2N5O/c1-3-5-18-10(7-8(2)16-18)15-11(20)9-4-6-19(17-9)12(13)14/h4,6-7,12H,3,5H2,1-2H3,(H,15,20). The summed E-state index contributed by atoms with van der Waals surface area (Å²) in [7, 11) is 0. The minimum Gasteiger partial charge on any atom is -0.305 e. The molecule has 1 N–H and O–H groups in total. The molecule has 0 saturated heterocycles. The van der Waals surface area contributed by atoms with E-state index in [0.717, 1.165) is 18.3 Å². The highest BCUT2D eigenvalue weighted by atomic mass is 19.3. The first kappa shape index (κ1) is 14.2. The lowest BCUT2D eigenvalue weighted by molar-refractivity contribution is 0.0561. The molecule has 0 aliphatic rings. The lowest BCUT2D eigenvalue weighted by Crippen LogP contribution is -2.17. The average Bonchev–Trinajstić information content (AvgIpc) is 2.97. The molecule has 0 spiro atoms. The van der Waals surface area contributed by atoms with Gasteiger partial charge >= 0.3 is 6.55 Å². The number of hydrogen-bond donors (Lipinski definition) is 1. The number of aryl methyl sites for hydroxylation is 2. The normalized spacial score (nSPS) is 11.1. The van der Waals surface area contributed by atoms with Crippen molar-refractivity contribution in [3.05, 3.63) is 29.7 Å². The van der Waals surface area contributed by atoms with Crippen LogP contribution in [0.3, 0.4) is 0 Å². The molecule has 0 fully saturated rings. The maximum absolute atomic E-state index is 12.4. The quantitative estimate of drug-likeness (QED) is 0.916. The van der Waals surface area contributed by atoms with Gasteiger partial charge in [-0.2, -0.15) is 19.0 Å². The van der Waals surface area contributed by atoms with Crippen molar-refractivity contribution in [2.45, 2.75) is 33.4 Å². The maximum Gasteiger partial charge on any atom is 0.333 e. The van der Waals surface area contributed by atoms with Crippen LogP contribution in [0, 0.1) is 6.92 Å². The van der Waals surface area contributed by atoms with Gasteiger partial charge in [0.25, 0.3) is 5.91 Å². The highest BCUT2D eigenvalue weighted by molar-refractivity contribution is 6.02. The molecule has 20 heavy (non-hydrogen) atoms. The topological polar surface area (TPSA) is 64.7 Å². The molecule has 0 radical (unpaired) electrons. The number of aromatic nitrogens is 4. The first-order valence-corrected chi connectivity index (χ1v) is 6.20. The zero-order valence-electron chi connectivity index (χ0n) is 11.2. The Morgan fingerprint density at radius 1 is 1.45 bits per heavy atom. The SMILES string of the molecule is CCCn1nc(C)cc1NC(=O)c1ccn(C(F)F)n1. The highest BCUT2D eigenvalue weighted by Crippen LogP contribution is 2.13. The number of alkyl halides is 2. The summed E-state index contributed by atoms with van der Waals surface area (Å²) in [5, 5.41) is 10.4. The second kappa shape index (κ2) is 5.81. The van der Waals surface area contributed by atoms with Crippen LogP contribution in [-0.4, -0.2) is 25.5 Å². The minimum absolute atomic E-state index is 0.0628. The summed E-state index contributed by atoms with van der Waals surface area (Å²) in [6, 6.07) is 2.96. The number of nitrogens with zero attached hydrogens (tertiary/aromatic N) is 4. The number of amides is 1. The lowest BCUT2D eigenvalue weighted by Gasteiger charge is -2.06. The monoisotopic (exact) mass is 283 g/mol. The van der Waals surface area contributed by atoms with Gasteiger partial charge in [0, 0.05) is 18.8 Å². The molecule has 108 valence electrons. The zero-order valence-corrected chi connectivity index (χ0v) is 11.2. The van der Waals surface area contributed by atoms with Crippen LogP contribution in [-0.2, 0) is 6.54 Å². The Balaban J connectivity index is 2.14. The van der Waals surface area contributed by atoms with E-state index in [1.54, 1.807) is 10.7 Å². The molecule has 0 aromatic carbocycles. The molecular formula is C12H15F2N5O. The summed E-state index contributed by atoms with van der Waals surface area (Å²) >= 11 is 0. The van der Waals surface area contributed by atoms with Crippen LogP contribution >= 0.6 is 0 Å². The molecule has 0 aliphatic heterocycles. The third-order valence-electron chi connectivity index (χ3n) is 2.62. The molecule has 0 saturated carbocycles. The predicted octanol–water partition coefficient (Wildman–Crippen LogP) is 2.45. The molecule has 8 heteroatoms. The first-order valence-electron chi connectivity index (χ1n) is 6.20. The van der Waals surface area contributed by atoms with Crippen molar-refractivity contribution in [2.24, 2.45) is 0 Å². The van der Waals surface area contributed by atoms with E-state index >= 15 is 0 Å². The second-order valence-electron chi connectivity index (χ2n) is 4.31. The smallest absolute Gasteiger partial charge is 0.305 e. The molecule has 2 heterocycles. The van der Waals surface area contributed by atoms with Crippen molar-refractivity contribution in [1.29, 1.82) is 0 Å². The molecule has 2 aromatic heterocycles. The van der Waals surface area contributed by atoms with Gasteiger partial charge in [0.05, 0.1) is 5.69 Å². The summed E-state index contributed by atoms with van der Waals surface area (Å²) < 4.78 is 26.9. The van der Waals surface area contributed by atoms with Gasteiger partial charge in [-0.3, -0.25) is 4.79 Å². The fourth-order valence-corrected chi connectivity index (χ4v) is 1.78. The summed E-state index contributed by atoms with van der Waals surface area (Å²) in [5.41, 5.74) is 0.707. The van der Waals surface area contributed by atoms with E-state index in [9.17, 15) is 13.6 Å². The Morgan fingerprint density at radius 2 is 2.20 bits per heavy atom. The van der Waals surface area contributed by atoms with E-state index in [-0.39, 0.29) is 5.69 Å². The molecule has 6 nitrogen and oxygen atoms in total.